The molecular formula is C15H14BrCl2N. The Morgan fingerprint density at radius 2 is 1.89 bits per heavy atom. The molecule has 0 aliphatic heterocycles. The summed E-state index contributed by atoms with van der Waals surface area (Å²) in [6.45, 7) is 0. The Morgan fingerprint density at radius 3 is 2.53 bits per heavy atom. The fraction of sp³-hybridized carbons (Fsp3) is 0.200. The summed E-state index contributed by atoms with van der Waals surface area (Å²) >= 11 is 15.8. The molecule has 0 spiro atoms. The highest BCUT2D eigenvalue weighted by molar-refractivity contribution is 9.10. The number of rotatable bonds is 4. The van der Waals surface area contributed by atoms with Crippen molar-refractivity contribution in [3.05, 3.63) is 68.1 Å². The topological polar surface area (TPSA) is 12.0 Å². The van der Waals surface area contributed by atoms with Crippen molar-refractivity contribution in [1.29, 1.82) is 0 Å². The van der Waals surface area contributed by atoms with Gasteiger partial charge >= 0.3 is 0 Å². The monoisotopic (exact) mass is 357 g/mol. The van der Waals surface area contributed by atoms with E-state index in [1.165, 1.54) is 0 Å². The van der Waals surface area contributed by atoms with Gasteiger partial charge in [0.05, 0.1) is 0 Å². The number of hydrogen-bond acceptors (Lipinski definition) is 1. The maximum atomic E-state index is 6.21. The van der Waals surface area contributed by atoms with Crippen LogP contribution in [-0.4, -0.2) is 7.05 Å². The van der Waals surface area contributed by atoms with Gasteiger partial charge in [-0.05, 0) is 48.9 Å². The maximum absolute atomic E-state index is 6.21. The van der Waals surface area contributed by atoms with Crippen molar-refractivity contribution in [2.45, 2.75) is 12.5 Å². The fourth-order valence-corrected chi connectivity index (χ4v) is 3.15. The van der Waals surface area contributed by atoms with Crippen molar-refractivity contribution in [1.82, 2.24) is 5.32 Å². The standard InChI is InChI=1S/C15H14BrCl2N/c1-19-15(8-10-4-2-3-5-14(10)18)11-6-12(16)9-13(17)7-11/h2-7,9,15,19H,8H2,1H3. The fourth-order valence-electron chi connectivity index (χ4n) is 2.05. The van der Waals surface area contributed by atoms with E-state index in [4.69, 9.17) is 23.2 Å². The van der Waals surface area contributed by atoms with E-state index in [0.29, 0.717) is 0 Å². The number of nitrogens with one attached hydrogen (secondary N) is 1. The van der Waals surface area contributed by atoms with Crippen molar-refractivity contribution < 1.29 is 0 Å². The smallest absolute Gasteiger partial charge is 0.0438 e. The van der Waals surface area contributed by atoms with E-state index in [0.717, 1.165) is 32.1 Å². The molecule has 0 fully saturated rings. The predicted octanol–water partition coefficient (Wildman–Crippen LogP) is 5.26. The lowest BCUT2D eigenvalue weighted by atomic mass is 9.99. The Hall–Kier alpha value is -0.540. The molecule has 19 heavy (non-hydrogen) atoms. The second-order valence-electron chi connectivity index (χ2n) is 4.34. The van der Waals surface area contributed by atoms with Crippen LogP contribution in [0.15, 0.2) is 46.9 Å². The Morgan fingerprint density at radius 1 is 1.16 bits per heavy atom. The molecule has 1 N–H and O–H groups in total. The average molecular weight is 359 g/mol. The molecule has 0 bridgehead atoms. The molecule has 100 valence electrons. The third kappa shape index (κ3) is 3.96. The molecule has 4 heteroatoms. The van der Waals surface area contributed by atoms with E-state index in [2.05, 4.69) is 27.3 Å². The predicted molar refractivity (Wildman–Crippen MR) is 86.1 cm³/mol. The summed E-state index contributed by atoms with van der Waals surface area (Å²) < 4.78 is 0.981. The van der Waals surface area contributed by atoms with Crippen molar-refractivity contribution >= 4 is 39.1 Å². The quantitative estimate of drug-likeness (QED) is 0.786. The minimum atomic E-state index is 0.176. The van der Waals surface area contributed by atoms with Crippen LogP contribution in [0.5, 0.6) is 0 Å². The molecule has 0 aromatic heterocycles. The van der Waals surface area contributed by atoms with E-state index in [1.807, 2.05) is 43.4 Å². The van der Waals surface area contributed by atoms with Gasteiger partial charge in [-0.2, -0.15) is 0 Å². The molecule has 1 atom stereocenters. The van der Waals surface area contributed by atoms with E-state index in [9.17, 15) is 0 Å². The SMILES string of the molecule is CNC(Cc1ccccc1Cl)c1cc(Cl)cc(Br)c1. The zero-order valence-electron chi connectivity index (χ0n) is 10.5. The van der Waals surface area contributed by atoms with Crippen LogP contribution < -0.4 is 5.32 Å². The van der Waals surface area contributed by atoms with Gasteiger partial charge in [-0.25, -0.2) is 0 Å². The van der Waals surface area contributed by atoms with Crippen LogP contribution in [0, 0.1) is 0 Å². The van der Waals surface area contributed by atoms with Gasteiger partial charge in [-0.3, -0.25) is 0 Å². The van der Waals surface area contributed by atoms with Gasteiger partial charge in [-0.1, -0.05) is 57.3 Å². The average Bonchev–Trinajstić information content (AvgIpc) is 2.36. The van der Waals surface area contributed by atoms with Gasteiger partial charge in [0.25, 0.3) is 0 Å². The first-order valence-corrected chi connectivity index (χ1v) is 7.51. The first kappa shape index (κ1) is 14.9. The highest BCUT2D eigenvalue weighted by atomic mass is 79.9. The van der Waals surface area contributed by atoms with Crippen molar-refractivity contribution in [3.8, 4) is 0 Å². The van der Waals surface area contributed by atoms with Gasteiger partial charge < -0.3 is 5.32 Å². The highest BCUT2D eigenvalue weighted by Crippen LogP contribution is 2.27. The lowest BCUT2D eigenvalue weighted by Gasteiger charge is -2.18. The normalized spacial score (nSPS) is 12.4. The lowest BCUT2D eigenvalue weighted by molar-refractivity contribution is 0.592. The molecule has 0 heterocycles. The van der Waals surface area contributed by atoms with Gasteiger partial charge in [0.15, 0.2) is 0 Å². The zero-order chi connectivity index (χ0) is 13.8. The molecule has 0 saturated heterocycles. The first-order valence-electron chi connectivity index (χ1n) is 5.97. The van der Waals surface area contributed by atoms with Crippen LogP contribution in [0.25, 0.3) is 0 Å². The molecule has 1 nitrogen and oxygen atoms in total. The summed E-state index contributed by atoms with van der Waals surface area (Å²) in [6, 6.07) is 14.0. The molecule has 0 aliphatic carbocycles. The summed E-state index contributed by atoms with van der Waals surface area (Å²) in [4.78, 5) is 0. The molecule has 0 aliphatic rings. The molecule has 0 saturated carbocycles. The highest BCUT2D eigenvalue weighted by Gasteiger charge is 2.13. The van der Waals surface area contributed by atoms with Crippen LogP contribution in [0.4, 0.5) is 0 Å². The van der Waals surface area contributed by atoms with E-state index in [1.54, 1.807) is 0 Å². The Bertz CT molecular complexity index is 552. The van der Waals surface area contributed by atoms with Crippen LogP contribution in [-0.2, 0) is 6.42 Å². The second kappa shape index (κ2) is 6.76. The molecule has 2 rings (SSSR count). The third-order valence-electron chi connectivity index (χ3n) is 3.02. The minimum absolute atomic E-state index is 0.176. The second-order valence-corrected chi connectivity index (χ2v) is 6.10. The van der Waals surface area contributed by atoms with Crippen LogP contribution in [0.2, 0.25) is 10.0 Å². The Labute approximate surface area is 132 Å². The van der Waals surface area contributed by atoms with E-state index >= 15 is 0 Å². The van der Waals surface area contributed by atoms with Gasteiger partial charge in [0, 0.05) is 20.6 Å². The first-order chi connectivity index (χ1) is 9.10. The number of likely N-dealkylation sites (N-methyl/N-ethyl adjacent to an activating group) is 1. The lowest BCUT2D eigenvalue weighted by Crippen LogP contribution is -2.19. The molecular weight excluding hydrogens is 345 g/mol. The number of halogens is 3. The number of benzene rings is 2. The summed E-state index contributed by atoms with van der Waals surface area (Å²) in [5, 5.41) is 4.83. The molecule has 0 amide bonds. The summed E-state index contributed by atoms with van der Waals surface area (Å²) in [5.41, 5.74) is 2.27. The maximum Gasteiger partial charge on any atom is 0.0438 e. The summed E-state index contributed by atoms with van der Waals surface area (Å²) in [5.74, 6) is 0. The largest absolute Gasteiger partial charge is 0.313 e. The van der Waals surface area contributed by atoms with E-state index in [-0.39, 0.29) is 6.04 Å². The zero-order valence-corrected chi connectivity index (χ0v) is 13.6. The Kier molecular flexibility index (Phi) is 5.28. The number of hydrogen-bond donors (Lipinski definition) is 1. The minimum Gasteiger partial charge on any atom is -0.313 e. The molecule has 0 radical (unpaired) electrons. The summed E-state index contributed by atoms with van der Waals surface area (Å²) in [6.07, 6.45) is 0.822. The van der Waals surface area contributed by atoms with E-state index < -0.39 is 0 Å². The van der Waals surface area contributed by atoms with Crippen LogP contribution in [0.3, 0.4) is 0 Å². The van der Waals surface area contributed by atoms with Crippen molar-refractivity contribution in [2.75, 3.05) is 7.05 Å². The third-order valence-corrected chi connectivity index (χ3v) is 4.06. The van der Waals surface area contributed by atoms with Gasteiger partial charge in [-0.15, -0.1) is 0 Å². The van der Waals surface area contributed by atoms with Gasteiger partial charge in [0.1, 0.15) is 0 Å². The summed E-state index contributed by atoms with van der Waals surface area (Å²) in [7, 11) is 1.94. The molecule has 2 aromatic carbocycles. The Balaban J connectivity index is 2.28. The molecule has 1 unspecified atom stereocenters. The van der Waals surface area contributed by atoms with Gasteiger partial charge in [0.2, 0.25) is 0 Å². The van der Waals surface area contributed by atoms with Crippen LogP contribution >= 0.6 is 39.1 Å². The van der Waals surface area contributed by atoms with Crippen LogP contribution in [0.1, 0.15) is 17.2 Å². The molecule has 2 aromatic rings. The van der Waals surface area contributed by atoms with Crippen molar-refractivity contribution in [2.24, 2.45) is 0 Å². The van der Waals surface area contributed by atoms with Crippen molar-refractivity contribution in [3.63, 3.8) is 0 Å².